The molecular weight excluding hydrogens is 1360 g/mol. The Morgan fingerprint density at radius 1 is 0.477 bits per heavy atom. The van der Waals surface area contributed by atoms with E-state index in [-0.39, 0.29) is 27.7 Å². The quantitative estimate of drug-likeness (QED) is 0.107. The van der Waals surface area contributed by atoms with Crippen molar-refractivity contribution in [1.29, 1.82) is 0 Å². The van der Waals surface area contributed by atoms with Gasteiger partial charge in [0.15, 0.2) is 16.6 Å². The van der Waals surface area contributed by atoms with Crippen molar-refractivity contribution in [3.05, 3.63) is 219 Å². The van der Waals surface area contributed by atoms with Crippen LogP contribution in [0.4, 0.5) is 0 Å². The summed E-state index contributed by atoms with van der Waals surface area (Å²) in [4.78, 5) is 11.8. The molecular formula is C98H144O6PSi2+. The van der Waals surface area contributed by atoms with E-state index < -0.39 is 36.3 Å². The molecule has 0 unspecified atom stereocenters. The zero-order chi connectivity index (χ0) is 78.4. The highest BCUT2D eigenvalue weighted by molar-refractivity contribution is 7.91. The lowest BCUT2D eigenvalue weighted by Crippen LogP contribution is -2.45. The van der Waals surface area contributed by atoms with E-state index in [9.17, 15) is 15.0 Å². The lowest BCUT2D eigenvalue weighted by molar-refractivity contribution is -0.127. The molecule has 0 aromatic heterocycles. The monoisotopic (exact) mass is 1500 g/mol. The third-order valence-electron chi connectivity index (χ3n) is 28.4. The molecule has 12 rings (SSSR count). The second-order valence-electron chi connectivity index (χ2n) is 38.4. The molecule has 0 aliphatic heterocycles. The molecule has 12 atom stereocenters. The van der Waals surface area contributed by atoms with E-state index in [1.807, 2.05) is 0 Å². The van der Waals surface area contributed by atoms with Gasteiger partial charge in [-0.15, -0.1) is 0 Å². The summed E-state index contributed by atoms with van der Waals surface area (Å²) in [6.45, 7) is 62.1. The lowest BCUT2D eigenvalue weighted by Gasteiger charge is -2.42. The van der Waals surface area contributed by atoms with E-state index in [0.29, 0.717) is 65.3 Å². The number of aliphatic hydroxyl groups excluding tert-OH is 2. The number of fused-ring (bicyclic) bond motifs is 3. The Labute approximate surface area is 654 Å². The maximum Gasteiger partial charge on any atom is 0.242 e. The van der Waals surface area contributed by atoms with Crippen LogP contribution >= 0.6 is 7.49 Å². The molecule has 2 N–H and O–H groups in total. The number of ketones is 1. The van der Waals surface area contributed by atoms with Gasteiger partial charge in [0.2, 0.25) is 7.49 Å². The molecule has 9 saturated carbocycles. The van der Waals surface area contributed by atoms with Crippen molar-refractivity contribution >= 4 is 45.8 Å². The minimum Gasteiger partial charge on any atom is -0.410 e. The van der Waals surface area contributed by atoms with Crippen LogP contribution in [0.5, 0.6) is 0 Å². The summed E-state index contributed by atoms with van der Waals surface area (Å²) < 4.78 is 20.8. The van der Waals surface area contributed by atoms with E-state index in [2.05, 4.69) is 285 Å². The molecule has 3 aromatic rings. The number of carbonyl (C=O) groups excluding carboxylic acids is 1. The van der Waals surface area contributed by atoms with Gasteiger partial charge in [0.25, 0.3) is 0 Å². The standard InChI is InChI=1S/C34H44O2PSi.C29H48OSi.C22H32O2.C13H20O/c1-27-25-29(26-33(28(27)2)36-38(6,7)34(3,4)5)23-24-35-37(30-17-11-8-12-18-30,31-19-13-9-14-20-31)32-21-15-10-16-22-32;1-20(2)25-15-16-26-24(12-11-17-29(25,26)8)14-13-23-18-21(3)22(4)27(19-23)30-31(9,10)28(5,6)7;1-14(2)18-9-10-19-17(6-5-11-22(18,19)4)8-7-16-12-20(23)15(3)21(24)13-16;1-9(2)10-6-7-11-12(14)5-4-8-13(10,11)3/h8-23,27,33H,2,24-26H2,1,3-7H3;13-14,21,26-27H,4,11-12,15-19H2,1-3,5-10H3;7-8,19-21,23-24H,3,5-6,9-13H2,1-2,4H3;11H,4-8H2,1-3H3/q+1;;;/b29-23-;23-13-,24-14+;17-8+;/t27-,33+;21-,26+,27-,29-;19-,20+,21+,22+;11-,13+/m0100/s1. The van der Waals surface area contributed by atoms with Gasteiger partial charge in [-0.2, -0.15) is 0 Å². The number of Topliss-reactive ketones (excluding diaryl/α,β-unsaturated/α-hetero) is 1. The Kier molecular flexibility index (Phi) is 28.5. The van der Waals surface area contributed by atoms with Gasteiger partial charge in [-0.05, 0) is 299 Å². The number of allylic oxidation sites excluding steroid dienone is 12. The molecule has 9 aliphatic carbocycles. The van der Waals surface area contributed by atoms with Gasteiger partial charge in [0.05, 0.1) is 24.4 Å². The predicted molar refractivity (Wildman–Crippen MR) is 465 cm³/mol. The Balaban J connectivity index is 0.000000173. The van der Waals surface area contributed by atoms with Crippen LogP contribution in [0.15, 0.2) is 219 Å². The van der Waals surface area contributed by atoms with Crippen LogP contribution in [0.1, 0.15) is 253 Å². The molecule has 9 aliphatic rings. The number of rotatable bonds is 12. The van der Waals surface area contributed by atoms with Crippen LogP contribution < -0.4 is 15.9 Å². The van der Waals surface area contributed by atoms with Crippen LogP contribution in [0.2, 0.25) is 36.3 Å². The summed E-state index contributed by atoms with van der Waals surface area (Å²) in [7, 11) is -6.01. The maximum absolute atomic E-state index is 11.8. The molecule has 0 radical (unpaired) electrons. The summed E-state index contributed by atoms with van der Waals surface area (Å²) in [6, 6.07) is 32.3. The minimum absolute atomic E-state index is 0.0859. The molecule has 0 bridgehead atoms. The highest BCUT2D eigenvalue weighted by Crippen LogP contribution is 2.61. The molecule has 0 spiro atoms. The average molecular weight is 1510 g/mol. The Hall–Kier alpha value is -4.87. The summed E-state index contributed by atoms with van der Waals surface area (Å²) in [5.74, 6) is 3.20. The molecule has 9 fully saturated rings. The van der Waals surface area contributed by atoms with Crippen molar-refractivity contribution in [2.24, 2.45) is 45.8 Å². The van der Waals surface area contributed by atoms with Crippen LogP contribution in [-0.2, 0) is 18.2 Å². The minimum atomic E-state index is -2.31. The molecule has 584 valence electrons. The van der Waals surface area contributed by atoms with Crippen molar-refractivity contribution < 1.29 is 28.4 Å². The smallest absolute Gasteiger partial charge is 0.242 e. The molecule has 9 heteroatoms. The first kappa shape index (κ1) is 86.1. The van der Waals surface area contributed by atoms with E-state index >= 15 is 0 Å². The number of hydrogen-bond donors (Lipinski definition) is 2. The average Bonchev–Trinajstić information content (AvgIpc) is 1.76. The summed E-state index contributed by atoms with van der Waals surface area (Å²) >= 11 is 0. The van der Waals surface area contributed by atoms with E-state index in [1.165, 1.54) is 114 Å². The van der Waals surface area contributed by atoms with Crippen molar-refractivity contribution in [1.82, 2.24) is 0 Å². The van der Waals surface area contributed by atoms with Gasteiger partial charge in [-0.1, -0.05) is 242 Å². The van der Waals surface area contributed by atoms with Crippen molar-refractivity contribution in [3.63, 3.8) is 0 Å². The van der Waals surface area contributed by atoms with Gasteiger partial charge < -0.3 is 19.1 Å². The number of aliphatic hydroxyl groups is 2. The SMILES string of the molecule is C=C1[C@@H](C)C/C(=C/CO[P+](c2ccccc2)(c2ccccc2)c2ccccc2)C[C@H]1O[Si](C)(C)C(C)(C)C.C=C1[C@H](C)C/C(=C/C=C2\CCC[C@]3(C)C(=C(C)C)CC[C@@H]23)C[C@H]1O[Si](C)(C)C(C)(C)C.C=C1[C@H](O)CC(=C/C=C2\CCC[C@]3(C)C(=C(C)C)CC[C@@H]23)C[C@H]1O.CC(C)=C1CC[C@H]2C(=O)CCC[C@]12C. The highest BCUT2D eigenvalue weighted by atomic mass is 31.2. The number of carbonyl (C=O) groups is 1. The third kappa shape index (κ3) is 19.4. The Morgan fingerprint density at radius 3 is 1.19 bits per heavy atom. The molecule has 0 saturated heterocycles. The van der Waals surface area contributed by atoms with Crippen LogP contribution in [0.3, 0.4) is 0 Å². The van der Waals surface area contributed by atoms with Crippen molar-refractivity contribution in [3.8, 4) is 0 Å². The topological polar surface area (TPSA) is 85.2 Å². The highest BCUT2D eigenvalue weighted by Gasteiger charge is 2.52. The number of benzene rings is 3. The van der Waals surface area contributed by atoms with Crippen molar-refractivity contribution in [2.75, 3.05) is 6.61 Å². The Morgan fingerprint density at radius 2 is 0.813 bits per heavy atom. The second kappa shape index (κ2) is 35.4. The van der Waals surface area contributed by atoms with E-state index in [0.717, 1.165) is 62.9 Å². The molecule has 3 aromatic carbocycles. The van der Waals surface area contributed by atoms with E-state index in [4.69, 9.17) is 13.4 Å². The third-order valence-corrected chi connectivity index (χ3v) is 41.0. The van der Waals surface area contributed by atoms with E-state index in [1.54, 1.807) is 39.0 Å². The first-order valence-corrected chi connectivity index (χ1v) is 49.2. The van der Waals surface area contributed by atoms with Crippen LogP contribution in [-0.4, -0.2) is 63.7 Å². The van der Waals surface area contributed by atoms with Crippen molar-refractivity contribution in [2.45, 2.75) is 313 Å². The van der Waals surface area contributed by atoms with Gasteiger partial charge in [0.1, 0.15) is 28.3 Å². The van der Waals surface area contributed by atoms with Crippen LogP contribution in [0, 0.1) is 45.8 Å². The largest absolute Gasteiger partial charge is 0.410 e. The Bertz CT molecular complexity index is 3790. The fraction of sp³-hybridized carbons (Fsp3) is 0.582. The molecule has 0 amide bonds. The lowest BCUT2D eigenvalue weighted by atomic mass is 9.65. The predicted octanol–water partition coefficient (Wildman–Crippen LogP) is 25.7. The zero-order valence-electron chi connectivity index (χ0n) is 70.9. The summed E-state index contributed by atoms with van der Waals surface area (Å²) in [5, 5.41) is 24.1. The van der Waals surface area contributed by atoms with Crippen LogP contribution in [0.25, 0.3) is 0 Å². The van der Waals surface area contributed by atoms with Gasteiger partial charge in [-0.3, -0.25) is 4.79 Å². The molecule has 0 heterocycles. The number of hydrogen-bond acceptors (Lipinski definition) is 6. The fourth-order valence-electron chi connectivity index (χ4n) is 20.0. The summed E-state index contributed by atoms with van der Waals surface area (Å²) in [5.41, 5.74) is 21.0. The van der Waals surface area contributed by atoms with Gasteiger partial charge >= 0.3 is 0 Å². The molecule has 107 heavy (non-hydrogen) atoms. The first-order chi connectivity index (χ1) is 50.2. The van der Waals surface area contributed by atoms with Gasteiger partial charge in [0, 0.05) is 12.3 Å². The maximum atomic E-state index is 11.8. The van der Waals surface area contributed by atoms with Gasteiger partial charge in [-0.25, -0.2) is 4.52 Å². The first-order valence-electron chi connectivity index (χ1n) is 41.6. The fourth-order valence-corrected chi connectivity index (χ4v) is 26.0. The second-order valence-corrected chi connectivity index (χ2v) is 51.0. The zero-order valence-corrected chi connectivity index (χ0v) is 73.8. The summed E-state index contributed by atoms with van der Waals surface area (Å²) in [6.07, 6.45) is 34.5. The molecule has 6 nitrogen and oxygen atoms in total. The normalized spacial score (nSPS) is 30.8.